The molecule has 1 rings (SSSR count). The van der Waals surface area contributed by atoms with Crippen molar-refractivity contribution < 1.29 is 18.3 Å². The fourth-order valence-electron chi connectivity index (χ4n) is 1.23. The van der Waals surface area contributed by atoms with Gasteiger partial charge in [-0.05, 0) is 25.5 Å². The molecule has 0 amide bonds. The molecule has 4 heteroatoms. The van der Waals surface area contributed by atoms with Crippen LogP contribution in [0, 0.1) is 11.6 Å². The van der Waals surface area contributed by atoms with Crippen molar-refractivity contribution in [1.82, 2.24) is 0 Å². The highest BCUT2D eigenvalue weighted by Gasteiger charge is 2.10. The fourth-order valence-corrected chi connectivity index (χ4v) is 1.23. The predicted molar refractivity (Wildman–Crippen MR) is 51.3 cm³/mol. The van der Waals surface area contributed by atoms with Gasteiger partial charge in [0, 0.05) is 12.0 Å². The lowest BCUT2D eigenvalue weighted by atomic mass is 10.1. The molecule has 0 spiro atoms. The summed E-state index contributed by atoms with van der Waals surface area (Å²) in [6.45, 7) is 1.96. The molecule has 1 aromatic carbocycles. The maximum absolute atomic E-state index is 13.1. The van der Waals surface area contributed by atoms with Gasteiger partial charge in [0.2, 0.25) is 0 Å². The molecule has 0 radical (unpaired) electrons. The lowest BCUT2D eigenvalue weighted by Crippen LogP contribution is -2.07. The van der Waals surface area contributed by atoms with Crippen LogP contribution in [0.25, 0.3) is 0 Å². The molecule has 0 aliphatic rings. The van der Waals surface area contributed by atoms with E-state index in [1.807, 2.05) is 0 Å². The molecule has 0 atom stereocenters. The smallest absolute Gasteiger partial charge is 0.306 e. The van der Waals surface area contributed by atoms with Crippen LogP contribution in [0.1, 0.15) is 18.9 Å². The van der Waals surface area contributed by atoms with Gasteiger partial charge in [-0.25, -0.2) is 8.78 Å². The van der Waals surface area contributed by atoms with Gasteiger partial charge in [-0.15, -0.1) is 0 Å². The van der Waals surface area contributed by atoms with Gasteiger partial charge in [0.05, 0.1) is 6.61 Å². The number of carbonyl (C=O) groups excluding carboxylic acids is 1. The summed E-state index contributed by atoms with van der Waals surface area (Å²) in [5.41, 5.74) is -0.0643. The first-order valence-electron chi connectivity index (χ1n) is 4.73. The largest absolute Gasteiger partial charge is 0.466 e. The minimum absolute atomic E-state index is 0.00824. The summed E-state index contributed by atoms with van der Waals surface area (Å²) in [5, 5.41) is 0. The Morgan fingerprint density at radius 3 is 2.47 bits per heavy atom. The quantitative estimate of drug-likeness (QED) is 0.719. The van der Waals surface area contributed by atoms with Crippen LogP contribution in [0.5, 0.6) is 0 Å². The van der Waals surface area contributed by atoms with Crippen molar-refractivity contribution in [2.24, 2.45) is 0 Å². The summed E-state index contributed by atoms with van der Waals surface area (Å²) < 4.78 is 30.8. The molecule has 0 fully saturated rings. The van der Waals surface area contributed by atoms with Crippen molar-refractivity contribution in [2.45, 2.75) is 19.8 Å². The maximum Gasteiger partial charge on any atom is 0.306 e. The average Bonchev–Trinajstić information content (AvgIpc) is 2.17. The maximum atomic E-state index is 13.1. The molecule has 82 valence electrons. The molecule has 0 heterocycles. The van der Waals surface area contributed by atoms with E-state index in [9.17, 15) is 13.6 Å². The second kappa shape index (κ2) is 5.44. The van der Waals surface area contributed by atoms with Gasteiger partial charge in [0.1, 0.15) is 11.6 Å². The highest BCUT2D eigenvalue weighted by Crippen LogP contribution is 2.14. The molecule has 0 aliphatic carbocycles. The number of hydrogen-bond donors (Lipinski definition) is 0. The number of ether oxygens (including phenoxy) is 1. The predicted octanol–water partition coefficient (Wildman–Crippen LogP) is 2.46. The summed E-state index contributed by atoms with van der Waals surface area (Å²) in [4.78, 5) is 11.0. The molecule has 0 N–H and O–H groups in total. The topological polar surface area (TPSA) is 26.3 Å². The van der Waals surface area contributed by atoms with E-state index >= 15 is 0 Å². The van der Waals surface area contributed by atoms with Crippen LogP contribution in [0.3, 0.4) is 0 Å². The van der Waals surface area contributed by atoms with Crippen LogP contribution in [0.15, 0.2) is 18.2 Å². The first-order valence-corrected chi connectivity index (χ1v) is 4.73. The molecule has 0 saturated carbocycles. The van der Waals surface area contributed by atoms with Crippen molar-refractivity contribution in [3.63, 3.8) is 0 Å². The second-order valence-corrected chi connectivity index (χ2v) is 3.01. The summed E-state index contributed by atoms with van der Waals surface area (Å²) >= 11 is 0. The lowest BCUT2D eigenvalue weighted by molar-refractivity contribution is -0.143. The fraction of sp³-hybridized carbons (Fsp3) is 0.364. The Morgan fingerprint density at radius 2 is 1.93 bits per heavy atom. The second-order valence-electron chi connectivity index (χ2n) is 3.01. The van der Waals surface area contributed by atoms with Crippen molar-refractivity contribution in [2.75, 3.05) is 6.61 Å². The molecular weight excluding hydrogens is 202 g/mol. The van der Waals surface area contributed by atoms with Gasteiger partial charge in [-0.2, -0.15) is 0 Å². The third kappa shape index (κ3) is 3.31. The normalized spacial score (nSPS) is 10.1. The zero-order chi connectivity index (χ0) is 11.3. The highest BCUT2D eigenvalue weighted by atomic mass is 19.1. The number of esters is 1. The minimum atomic E-state index is -0.626. The van der Waals surface area contributed by atoms with Gasteiger partial charge < -0.3 is 4.74 Å². The SMILES string of the molecule is CCOC(=O)CCc1c(F)cccc1F. The molecule has 1 aromatic rings. The van der Waals surface area contributed by atoms with E-state index in [-0.39, 0.29) is 25.0 Å². The molecule has 0 saturated heterocycles. The van der Waals surface area contributed by atoms with Gasteiger partial charge in [0.15, 0.2) is 0 Å². The Labute approximate surface area is 86.9 Å². The van der Waals surface area contributed by atoms with Crippen molar-refractivity contribution in [3.8, 4) is 0 Å². The van der Waals surface area contributed by atoms with Gasteiger partial charge in [-0.1, -0.05) is 6.07 Å². The first-order chi connectivity index (χ1) is 7.15. The van der Waals surface area contributed by atoms with Crippen LogP contribution in [0.2, 0.25) is 0 Å². The molecule has 2 nitrogen and oxygen atoms in total. The summed E-state index contributed by atoms with van der Waals surface area (Å²) in [6.07, 6.45) is 0.0169. The van der Waals surface area contributed by atoms with E-state index in [2.05, 4.69) is 4.74 Å². The van der Waals surface area contributed by atoms with E-state index in [1.165, 1.54) is 18.2 Å². The Hall–Kier alpha value is -1.45. The van der Waals surface area contributed by atoms with E-state index in [1.54, 1.807) is 6.92 Å². The molecule has 0 aliphatic heterocycles. The molecule has 0 unspecified atom stereocenters. The average molecular weight is 214 g/mol. The number of hydrogen-bond acceptors (Lipinski definition) is 2. The summed E-state index contributed by atoms with van der Waals surface area (Å²) in [6, 6.07) is 3.63. The molecular formula is C11H12F2O2. The molecule has 15 heavy (non-hydrogen) atoms. The van der Waals surface area contributed by atoms with Crippen molar-refractivity contribution in [3.05, 3.63) is 35.4 Å². The highest BCUT2D eigenvalue weighted by molar-refractivity contribution is 5.69. The van der Waals surface area contributed by atoms with Gasteiger partial charge in [0.25, 0.3) is 0 Å². The van der Waals surface area contributed by atoms with Crippen molar-refractivity contribution in [1.29, 1.82) is 0 Å². The Balaban J connectivity index is 2.61. The monoisotopic (exact) mass is 214 g/mol. The van der Waals surface area contributed by atoms with Gasteiger partial charge in [-0.3, -0.25) is 4.79 Å². The Bertz CT molecular complexity index is 330. The van der Waals surface area contributed by atoms with Crippen molar-refractivity contribution >= 4 is 5.97 Å². The number of halogens is 2. The van der Waals surface area contributed by atoms with Crippen LogP contribution in [0.4, 0.5) is 8.78 Å². The Kier molecular flexibility index (Phi) is 4.21. The van der Waals surface area contributed by atoms with E-state index < -0.39 is 17.6 Å². The molecule has 0 bridgehead atoms. The first kappa shape index (κ1) is 11.6. The summed E-state index contributed by atoms with van der Waals surface area (Å²) in [7, 11) is 0. The van der Waals surface area contributed by atoms with E-state index in [0.29, 0.717) is 0 Å². The zero-order valence-corrected chi connectivity index (χ0v) is 8.43. The standard InChI is InChI=1S/C11H12F2O2/c1-2-15-11(14)7-6-8-9(12)4-3-5-10(8)13/h3-5H,2,6-7H2,1H3. The van der Waals surface area contributed by atoms with Crippen LogP contribution < -0.4 is 0 Å². The Morgan fingerprint density at radius 1 is 1.33 bits per heavy atom. The number of rotatable bonds is 4. The third-order valence-electron chi connectivity index (χ3n) is 1.95. The van der Waals surface area contributed by atoms with Gasteiger partial charge >= 0.3 is 5.97 Å². The molecule has 0 aromatic heterocycles. The lowest BCUT2D eigenvalue weighted by Gasteiger charge is -2.04. The van der Waals surface area contributed by atoms with Crippen LogP contribution >= 0.6 is 0 Å². The number of carbonyl (C=O) groups is 1. The van der Waals surface area contributed by atoms with E-state index in [0.717, 1.165) is 0 Å². The zero-order valence-electron chi connectivity index (χ0n) is 8.43. The minimum Gasteiger partial charge on any atom is -0.466 e. The van der Waals surface area contributed by atoms with Crippen LogP contribution in [-0.2, 0) is 16.0 Å². The third-order valence-corrected chi connectivity index (χ3v) is 1.95. The van der Waals surface area contributed by atoms with E-state index in [4.69, 9.17) is 0 Å². The number of benzene rings is 1. The van der Waals surface area contributed by atoms with Crippen LogP contribution in [-0.4, -0.2) is 12.6 Å². The summed E-state index contributed by atoms with van der Waals surface area (Å²) in [5.74, 6) is -1.70.